The minimum Gasteiger partial charge on any atom is -0.332 e. The van der Waals surface area contributed by atoms with Crippen molar-refractivity contribution in [1.29, 1.82) is 0 Å². The molecule has 1 aliphatic heterocycles. The van der Waals surface area contributed by atoms with Gasteiger partial charge in [0, 0.05) is 31.9 Å². The molecule has 1 N–H and O–H groups in total. The molecule has 2 rings (SSSR count). The van der Waals surface area contributed by atoms with Crippen LogP contribution < -0.4 is 5.32 Å². The van der Waals surface area contributed by atoms with Crippen LogP contribution >= 0.6 is 0 Å². The number of hydrogen-bond donors (Lipinski definition) is 1. The molecule has 22 heavy (non-hydrogen) atoms. The summed E-state index contributed by atoms with van der Waals surface area (Å²) in [5.41, 5.74) is 2.94. The van der Waals surface area contributed by atoms with Gasteiger partial charge in [0.15, 0.2) is 0 Å². The van der Waals surface area contributed by atoms with E-state index in [1.165, 1.54) is 0 Å². The van der Waals surface area contributed by atoms with Crippen molar-refractivity contribution in [3.63, 3.8) is 0 Å². The van der Waals surface area contributed by atoms with Gasteiger partial charge in [-0.3, -0.25) is 9.59 Å². The lowest BCUT2D eigenvalue weighted by atomic mass is 10.0. The number of hydrogen-bond acceptors (Lipinski definition) is 3. The van der Waals surface area contributed by atoms with Crippen molar-refractivity contribution in [3.05, 3.63) is 29.3 Å². The Kier molecular flexibility index (Phi) is 5.55. The van der Waals surface area contributed by atoms with Crippen LogP contribution in [0.4, 0.5) is 5.69 Å². The first-order valence-corrected chi connectivity index (χ1v) is 7.96. The van der Waals surface area contributed by atoms with E-state index in [-0.39, 0.29) is 0 Å². The second-order valence-corrected chi connectivity index (χ2v) is 5.71. The smallest absolute Gasteiger partial charge is 0.313 e. The highest BCUT2D eigenvalue weighted by molar-refractivity contribution is 6.39. The van der Waals surface area contributed by atoms with Crippen molar-refractivity contribution in [2.24, 2.45) is 0 Å². The van der Waals surface area contributed by atoms with Crippen LogP contribution in [0.15, 0.2) is 18.2 Å². The summed E-state index contributed by atoms with van der Waals surface area (Å²) in [5, 5.41) is 2.85. The maximum atomic E-state index is 12.3. The van der Waals surface area contributed by atoms with Gasteiger partial charge < -0.3 is 15.1 Å². The molecule has 2 amide bonds. The largest absolute Gasteiger partial charge is 0.332 e. The zero-order valence-corrected chi connectivity index (χ0v) is 13.7. The number of piperazine rings is 1. The van der Waals surface area contributed by atoms with E-state index in [9.17, 15) is 9.59 Å². The number of carbonyl (C=O) groups excluding carboxylic acids is 2. The quantitative estimate of drug-likeness (QED) is 0.862. The monoisotopic (exact) mass is 303 g/mol. The molecule has 0 saturated carbocycles. The van der Waals surface area contributed by atoms with E-state index in [1.807, 2.05) is 39.1 Å². The van der Waals surface area contributed by atoms with Crippen LogP contribution in [0.3, 0.4) is 0 Å². The third-order valence-electron chi connectivity index (χ3n) is 4.22. The van der Waals surface area contributed by atoms with Gasteiger partial charge in [-0.05, 0) is 31.0 Å². The number of likely N-dealkylation sites (N-methyl/N-ethyl adjacent to an activating group) is 1. The fourth-order valence-electron chi connectivity index (χ4n) is 2.72. The molecule has 120 valence electrons. The summed E-state index contributed by atoms with van der Waals surface area (Å²) in [5.74, 6) is -0.957. The van der Waals surface area contributed by atoms with Gasteiger partial charge in [-0.25, -0.2) is 0 Å². The molecule has 0 radical (unpaired) electrons. The van der Waals surface area contributed by atoms with Crippen LogP contribution in [-0.2, 0) is 22.4 Å². The minimum absolute atomic E-state index is 0.430. The van der Waals surface area contributed by atoms with Gasteiger partial charge in [0.05, 0.1) is 0 Å². The molecule has 0 bridgehead atoms. The van der Waals surface area contributed by atoms with Crippen molar-refractivity contribution >= 4 is 17.5 Å². The van der Waals surface area contributed by atoms with Gasteiger partial charge in [0.2, 0.25) is 0 Å². The lowest BCUT2D eigenvalue weighted by Gasteiger charge is -2.32. The van der Waals surface area contributed by atoms with Gasteiger partial charge >= 0.3 is 11.8 Å². The molecule has 1 fully saturated rings. The molecule has 1 heterocycles. The van der Waals surface area contributed by atoms with E-state index >= 15 is 0 Å². The van der Waals surface area contributed by atoms with Crippen LogP contribution in [0, 0.1) is 0 Å². The topological polar surface area (TPSA) is 52.7 Å². The van der Waals surface area contributed by atoms with Crippen LogP contribution in [0.1, 0.15) is 25.0 Å². The highest BCUT2D eigenvalue weighted by Gasteiger charge is 2.25. The molecule has 0 atom stereocenters. The summed E-state index contributed by atoms with van der Waals surface area (Å²) in [6, 6.07) is 5.99. The first-order chi connectivity index (χ1) is 10.6. The molecule has 5 nitrogen and oxygen atoms in total. The van der Waals surface area contributed by atoms with Crippen LogP contribution in [0.5, 0.6) is 0 Å². The van der Waals surface area contributed by atoms with Gasteiger partial charge in [-0.1, -0.05) is 32.0 Å². The molecule has 1 saturated heterocycles. The summed E-state index contributed by atoms with van der Waals surface area (Å²) in [4.78, 5) is 28.4. The minimum atomic E-state index is -0.528. The highest BCUT2D eigenvalue weighted by Crippen LogP contribution is 2.22. The van der Waals surface area contributed by atoms with E-state index in [2.05, 4.69) is 10.2 Å². The molecule has 0 spiro atoms. The van der Waals surface area contributed by atoms with Crippen molar-refractivity contribution in [2.75, 3.05) is 38.5 Å². The molecule has 1 aromatic rings. The molecular formula is C17H25N3O2. The fraction of sp³-hybridized carbons (Fsp3) is 0.529. The normalized spacial score (nSPS) is 15.7. The van der Waals surface area contributed by atoms with Crippen LogP contribution in [-0.4, -0.2) is 54.8 Å². The van der Waals surface area contributed by atoms with Gasteiger partial charge in [0.1, 0.15) is 0 Å². The average molecular weight is 303 g/mol. The fourth-order valence-corrected chi connectivity index (χ4v) is 2.72. The van der Waals surface area contributed by atoms with E-state index < -0.39 is 11.8 Å². The maximum absolute atomic E-state index is 12.3. The summed E-state index contributed by atoms with van der Waals surface area (Å²) in [6.45, 7) is 6.94. The predicted molar refractivity (Wildman–Crippen MR) is 87.9 cm³/mol. The van der Waals surface area contributed by atoms with Gasteiger partial charge in [0.25, 0.3) is 0 Å². The third kappa shape index (κ3) is 3.65. The summed E-state index contributed by atoms with van der Waals surface area (Å²) >= 11 is 0. The molecule has 0 aromatic heterocycles. The number of nitrogens with one attached hydrogen (secondary N) is 1. The molecule has 1 aliphatic rings. The van der Waals surface area contributed by atoms with Crippen molar-refractivity contribution < 1.29 is 9.59 Å². The summed E-state index contributed by atoms with van der Waals surface area (Å²) in [6.07, 6.45) is 1.65. The Hall–Kier alpha value is -1.88. The Labute approximate surface area is 132 Å². The second kappa shape index (κ2) is 7.40. The number of nitrogens with zero attached hydrogens (tertiary/aromatic N) is 2. The molecule has 5 heteroatoms. The average Bonchev–Trinajstić information content (AvgIpc) is 2.55. The molecule has 0 aliphatic carbocycles. The first kappa shape index (κ1) is 16.5. The number of carbonyl (C=O) groups is 2. The van der Waals surface area contributed by atoms with Gasteiger partial charge in [-0.15, -0.1) is 0 Å². The van der Waals surface area contributed by atoms with Crippen molar-refractivity contribution in [1.82, 2.24) is 9.80 Å². The Morgan fingerprint density at radius 3 is 2.09 bits per heavy atom. The molecular weight excluding hydrogens is 278 g/mol. The zero-order chi connectivity index (χ0) is 16.1. The molecule has 0 unspecified atom stereocenters. The number of para-hydroxylation sites is 1. The Morgan fingerprint density at radius 1 is 1.05 bits per heavy atom. The first-order valence-electron chi connectivity index (χ1n) is 7.96. The Bertz CT molecular complexity index is 527. The van der Waals surface area contributed by atoms with Crippen LogP contribution in [0.2, 0.25) is 0 Å². The number of aryl methyl sites for hydroxylation is 2. The standard InChI is InChI=1S/C17H25N3O2/c1-4-13-7-6-8-14(5-2)15(13)18-16(21)17(22)20-11-9-19(3)10-12-20/h6-8H,4-5,9-12H2,1-3H3,(H,18,21). The van der Waals surface area contributed by atoms with Crippen LogP contribution in [0.25, 0.3) is 0 Å². The van der Waals surface area contributed by atoms with E-state index in [0.717, 1.165) is 42.7 Å². The lowest BCUT2D eigenvalue weighted by molar-refractivity contribution is -0.144. The number of amides is 2. The zero-order valence-electron chi connectivity index (χ0n) is 13.7. The summed E-state index contributed by atoms with van der Waals surface area (Å²) in [7, 11) is 2.02. The Balaban J connectivity index is 2.10. The summed E-state index contributed by atoms with van der Waals surface area (Å²) < 4.78 is 0. The number of rotatable bonds is 3. The van der Waals surface area contributed by atoms with Crippen molar-refractivity contribution in [3.8, 4) is 0 Å². The third-order valence-corrected chi connectivity index (χ3v) is 4.22. The SMILES string of the molecule is CCc1cccc(CC)c1NC(=O)C(=O)N1CCN(C)CC1. The van der Waals surface area contributed by atoms with Gasteiger partial charge in [-0.2, -0.15) is 0 Å². The highest BCUT2D eigenvalue weighted by atomic mass is 16.2. The van der Waals surface area contributed by atoms with E-state index in [0.29, 0.717) is 13.1 Å². The second-order valence-electron chi connectivity index (χ2n) is 5.71. The predicted octanol–water partition coefficient (Wildman–Crippen LogP) is 1.52. The molecule has 1 aromatic carbocycles. The number of benzene rings is 1. The number of anilines is 1. The van der Waals surface area contributed by atoms with Crippen molar-refractivity contribution in [2.45, 2.75) is 26.7 Å². The van der Waals surface area contributed by atoms with E-state index in [4.69, 9.17) is 0 Å². The lowest BCUT2D eigenvalue weighted by Crippen LogP contribution is -2.50. The maximum Gasteiger partial charge on any atom is 0.313 e. The van der Waals surface area contributed by atoms with E-state index in [1.54, 1.807) is 4.90 Å². The Morgan fingerprint density at radius 2 is 1.59 bits per heavy atom.